The first kappa shape index (κ1) is 20.7. The fourth-order valence-electron chi connectivity index (χ4n) is 1.64. The molecule has 0 amide bonds. The summed E-state index contributed by atoms with van der Waals surface area (Å²) in [7, 11) is 0. The maximum atomic E-state index is 12.0. The van der Waals surface area contributed by atoms with Crippen LogP contribution in [0, 0.1) is 0 Å². The fraction of sp³-hybridized carbons (Fsp3) is 0.278. The lowest BCUT2D eigenvalue weighted by Crippen LogP contribution is -2.07. The molecule has 0 radical (unpaired) electrons. The summed E-state index contributed by atoms with van der Waals surface area (Å²) in [5.74, 6) is -0.283. The fourth-order valence-corrected chi connectivity index (χ4v) is 2.13. The smallest absolute Gasteiger partial charge is 0.338 e. The molecule has 0 bridgehead atoms. The molecule has 0 heterocycles. The van der Waals surface area contributed by atoms with E-state index in [9.17, 15) is 4.79 Å². The van der Waals surface area contributed by atoms with Gasteiger partial charge in [-0.2, -0.15) is 12.6 Å². The average Bonchev–Trinajstić information content (AvgIpc) is 2.64. The van der Waals surface area contributed by atoms with Crippen molar-refractivity contribution in [3.8, 4) is 0 Å². The quantitative estimate of drug-likeness (QED) is 0.428. The summed E-state index contributed by atoms with van der Waals surface area (Å²) in [5.41, 5.74) is 2.54. The number of esters is 1. The van der Waals surface area contributed by atoms with Crippen LogP contribution in [0.25, 0.3) is 0 Å². The Kier molecular flexibility index (Phi) is 12.6. The molecule has 0 aliphatic rings. The highest BCUT2D eigenvalue weighted by Crippen LogP contribution is 2.14. The Balaban J connectivity index is 0.00000102. The third-order valence-electron chi connectivity index (χ3n) is 2.59. The Morgan fingerprint density at radius 1 is 1.00 bits per heavy atom. The Bertz CT molecular complexity index is 530. The van der Waals surface area contributed by atoms with Crippen LogP contribution in [-0.2, 0) is 16.7 Å². The summed E-state index contributed by atoms with van der Waals surface area (Å²) < 4.78 is 5.30. The predicted molar refractivity (Wildman–Crippen MR) is 101 cm³/mol. The van der Waals surface area contributed by atoms with E-state index in [1.54, 1.807) is 12.3 Å². The van der Waals surface area contributed by atoms with Crippen LogP contribution < -0.4 is 0 Å². The van der Waals surface area contributed by atoms with Crippen molar-refractivity contribution in [3.05, 3.63) is 71.3 Å². The molecule has 120 valence electrons. The summed E-state index contributed by atoms with van der Waals surface area (Å²) in [4.78, 5) is 12.0. The SMILES string of the molecule is CC.CS.O=C(OCc1ccccc1)c1ccccc1CBr. The number of halogens is 1. The molecule has 2 aromatic carbocycles. The first-order valence-corrected chi connectivity index (χ1v) is 9.12. The first-order chi connectivity index (χ1) is 10.8. The molecule has 0 N–H and O–H groups in total. The molecular weight excluding hydrogens is 360 g/mol. The maximum absolute atomic E-state index is 12.0. The standard InChI is InChI=1S/C15H13BrO2.C2H6.CH4S/c16-10-13-8-4-5-9-14(13)15(17)18-11-12-6-2-1-3-7-12;2*1-2/h1-9H,10-11H2;1-2H3;2H,1H3. The second kappa shape index (κ2) is 13.4. The molecular formula is C18H23BrO2S. The van der Waals surface area contributed by atoms with Crippen LogP contribution in [0.5, 0.6) is 0 Å². The predicted octanol–water partition coefficient (Wildman–Crippen LogP) is 5.51. The molecule has 0 aromatic heterocycles. The highest BCUT2D eigenvalue weighted by molar-refractivity contribution is 9.08. The van der Waals surface area contributed by atoms with Crippen LogP contribution in [0.1, 0.15) is 35.3 Å². The molecule has 0 aliphatic heterocycles. The molecule has 2 nitrogen and oxygen atoms in total. The summed E-state index contributed by atoms with van der Waals surface area (Å²) in [6, 6.07) is 17.1. The van der Waals surface area contributed by atoms with E-state index in [0.29, 0.717) is 17.5 Å². The van der Waals surface area contributed by atoms with Gasteiger partial charge < -0.3 is 4.74 Å². The van der Waals surface area contributed by atoms with E-state index in [4.69, 9.17) is 4.74 Å². The highest BCUT2D eigenvalue weighted by Gasteiger charge is 2.11. The Labute approximate surface area is 147 Å². The first-order valence-electron chi connectivity index (χ1n) is 7.11. The second-order valence-corrected chi connectivity index (χ2v) is 4.41. The number of carbonyl (C=O) groups excluding carboxylic acids is 1. The van der Waals surface area contributed by atoms with Gasteiger partial charge in [-0.15, -0.1) is 0 Å². The van der Waals surface area contributed by atoms with Crippen molar-refractivity contribution in [2.75, 3.05) is 6.26 Å². The zero-order valence-corrected chi connectivity index (χ0v) is 15.7. The van der Waals surface area contributed by atoms with Gasteiger partial charge in [0.05, 0.1) is 5.56 Å². The Morgan fingerprint density at radius 3 is 2.14 bits per heavy atom. The van der Waals surface area contributed by atoms with Crippen molar-refractivity contribution in [3.63, 3.8) is 0 Å². The largest absolute Gasteiger partial charge is 0.457 e. The molecule has 0 aliphatic carbocycles. The van der Waals surface area contributed by atoms with Crippen LogP contribution in [0.3, 0.4) is 0 Å². The van der Waals surface area contributed by atoms with Gasteiger partial charge in [0, 0.05) is 5.33 Å². The number of hydrogen-bond acceptors (Lipinski definition) is 3. The van der Waals surface area contributed by atoms with Crippen LogP contribution in [0.15, 0.2) is 54.6 Å². The molecule has 22 heavy (non-hydrogen) atoms. The molecule has 0 spiro atoms. The number of ether oxygens (including phenoxy) is 1. The van der Waals surface area contributed by atoms with Crippen molar-refractivity contribution >= 4 is 34.5 Å². The summed E-state index contributed by atoms with van der Waals surface area (Å²) in [6.07, 6.45) is 1.69. The van der Waals surface area contributed by atoms with E-state index in [1.165, 1.54) is 0 Å². The lowest BCUT2D eigenvalue weighted by atomic mass is 10.1. The van der Waals surface area contributed by atoms with Gasteiger partial charge in [0.15, 0.2) is 0 Å². The van der Waals surface area contributed by atoms with Gasteiger partial charge in [0.1, 0.15) is 6.61 Å². The molecule has 4 heteroatoms. The van der Waals surface area contributed by atoms with E-state index in [2.05, 4.69) is 28.6 Å². The number of thiol groups is 1. The topological polar surface area (TPSA) is 26.3 Å². The summed E-state index contributed by atoms with van der Waals surface area (Å²) >= 11 is 6.89. The number of benzene rings is 2. The third-order valence-corrected chi connectivity index (χ3v) is 3.20. The van der Waals surface area contributed by atoms with E-state index >= 15 is 0 Å². The van der Waals surface area contributed by atoms with Crippen molar-refractivity contribution in [1.29, 1.82) is 0 Å². The lowest BCUT2D eigenvalue weighted by Gasteiger charge is -2.07. The van der Waals surface area contributed by atoms with Crippen molar-refractivity contribution in [2.45, 2.75) is 25.8 Å². The van der Waals surface area contributed by atoms with Crippen LogP contribution >= 0.6 is 28.6 Å². The monoisotopic (exact) mass is 382 g/mol. The van der Waals surface area contributed by atoms with Gasteiger partial charge in [-0.05, 0) is 23.4 Å². The lowest BCUT2D eigenvalue weighted by molar-refractivity contribution is 0.0472. The summed E-state index contributed by atoms with van der Waals surface area (Å²) in [6.45, 7) is 4.30. The summed E-state index contributed by atoms with van der Waals surface area (Å²) in [5, 5.41) is 0.642. The molecule has 2 aromatic rings. The minimum atomic E-state index is -0.283. The maximum Gasteiger partial charge on any atom is 0.338 e. The molecule has 0 saturated carbocycles. The van der Waals surface area contributed by atoms with E-state index in [1.807, 2.05) is 62.4 Å². The third kappa shape index (κ3) is 7.14. The van der Waals surface area contributed by atoms with Crippen molar-refractivity contribution in [2.24, 2.45) is 0 Å². The minimum Gasteiger partial charge on any atom is -0.457 e. The highest BCUT2D eigenvalue weighted by atomic mass is 79.9. The van der Waals surface area contributed by atoms with E-state index < -0.39 is 0 Å². The number of rotatable bonds is 4. The Hall–Kier alpha value is -1.26. The Morgan fingerprint density at radius 2 is 1.55 bits per heavy atom. The molecule has 0 saturated heterocycles. The zero-order valence-electron chi connectivity index (χ0n) is 13.3. The second-order valence-electron chi connectivity index (χ2n) is 3.85. The normalized spacial score (nSPS) is 8.77. The molecule has 0 atom stereocenters. The van der Waals surface area contributed by atoms with Gasteiger partial charge in [-0.1, -0.05) is 78.3 Å². The van der Waals surface area contributed by atoms with Crippen LogP contribution in [-0.4, -0.2) is 12.2 Å². The van der Waals surface area contributed by atoms with E-state index in [-0.39, 0.29) is 5.97 Å². The van der Waals surface area contributed by atoms with Gasteiger partial charge in [0.25, 0.3) is 0 Å². The minimum absolute atomic E-state index is 0.283. The molecule has 0 fully saturated rings. The van der Waals surface area contributed by atoms with Gasteiger partial charge in [0.2, 0.25) is 0 Å². The van der Waals surface area contributed by atoms with Gasteiger partial charge >= 0.3 is 5.97 Å². The van der Waals surface area contributed by atoms with Crippen LogP contribution in [0.4, 0.5) is 0 Å². The van der Waals surface area contributed by atoms with Crippen molar-refractivity contribution in [1.82, 2.24) is 0 Å². The van der Waals surface area contributed by atoms with Gasteiger partial charge in [-0.25, -0.2) is 4.79 Å². The van der Waals surface area contributed by atoms with Crippen molar-refractivity contribution < 1.29 is 9.53 Å². The van der Waals surface area contributed by atoms with Crippen LogP contribution in [0.2, 0.25) is 0 Å². The molecule has 2 rings (SSSR count). The van der Waals surface area contributed by atoms with E-state index in [0.717, 1.165) is 11.1 Å². The zero-order chi connectivity index (χ0) is 16.8. The number of hydrogen-bond donors (Lipinski definition) is 1. The number of alkyl halides is 1. The molecule has 0 unspecified atom stereocenters. The average molecular weight is 383 g/mol. The number of carbonyl (C=O) groups is 1. The van der Waals surface area contributed by atoms with Gasteiger partial charge in [-0.3, -0.25) is 0 Å².